The van der Waals surface area contributed by atoms with Gasteiger partial charge in [-0.1, -0.05) is 146 Å². The van der Waals surface area contributed by atoms with Gasteiger partial charge in [-0.2, -0.15) is 0 Å². The predicted octanol–water partition coefficient (Wildman–Crippen LogP) is 14.4. The minimum absolute atomic E-state index is 0.905. The first kappa shape index (κ1) is 32.0. The van der Waals surface area contributed by atoms with Crippen molar-refractivity contribution < 1.29 is 0 Å². The fraction of sp³-hybridized carbons (Fsp3) is 0. The quantitative estimate of drug-likeness (QED) is 0.126. The highest BCUT2D eigenvalue weighted by molar-refractivity contribution is 6.24. The first-order valence-electron chi connectivity index (χ1n) is 19.1. The Morgan fingerprint density at radius 1 is 0.357 bits per heavy atom. The van der Waals surface area contributed by atoms with Crippen LogP contribution in [0.25, 0.3) is 82.3 Å². The third-order valence-corrected chi connectivity index (χ3v) is 11.1. The SMILES string of the molecule is c1ccc(N(c2ccccc2)c2ccc(-c3nc4c5ccccc5c5ccccc5c4n3-c3ccc(-c4c5ccccc5cc5ccccc45)cc3)cc2)cc1. The minimum atomic E-state index is 0.905. The Morgan fingerprint density at radius 2 is 0.804 bits per heavy atom. The molecule has 0 radical (unpaired) electrons. The molecule has 262 valence electrons. The number of nitrogens with zero attached hydrogens (tertiary/aromatic N) is 3. The van der Waals surface area contributed by atoms with Gasteiger partial charge in [0, 0.05) is 39.1 Å². The topological polar surface area (TPSA) is 21.1 Å². The van der Waals surface area contributed by atoms with E-state index in [2.05, 4.69) is 222 Å². The Morgan fingerprint density at radius 3 is 1.39 bits per heavy atom. The van der Waals surface area contributed by atoms with E-state index in [1.807, 2.05) is 0 Å². The van der Waals surface area contributed by atoms with E-state index < -0.39 is 0 Å². The van der Waals surface area contributed by atoms with Gasteiger partial charge in [0.2, 0.25) is 0 Å². The summed E-state index contributed by atoms with van der Waals surface area (Å²) in [6.45, 7) is 0. The van der Waals surface area contributed by atoms with E-state index in [1.54, 1.807) is 0 Å². The monoisotopic (exact) mass is 713 g/mol. The summed E-state index contributed by atoms with van der Waals surface area (Å²) in [7, 11) is 0. The zero-order valence-corrected chi connectivity index (χ0v) is 30.5. The van der Waals surface area contributed by atoms with Gasteiger partial charge in [-0.25, -0.2) is 4.98 Å². The van der Waals surface area contributed by atoms with E-state index in [9.17, 15) is 0 Å². The lowest BCUT2D eigenvalue weighted by Crippen LogP contribution is -2.09. The lowest BCUT2D eigenvalue weighted by molar-refractivity contribution is 1.11. The third kappa shape index (κ3) is 5.17. The molecular weight excluding hydrogens is 679 g/mol. The van der Waals surface area contributed by atoms with Crippen molar-refractivity contribution in [3.05, 3.63) is 212 Å². The second-order valence-corrected chi connectivity index (χ2v) is 14.4. The first-order chi connectivity index (χ1) is 27.8. The molecule has 3 nitrogen and oxygen atoms in total. The van der Waals surface area contributed by atoms with Crippen LogP contribution in [0.5, 0.6) is 0 Å². The van der Waals surface area contributed by atoms with Crippen LogP contribution in [0.4, 0.5) is 17.1 Å². The molecule has 1 heterocycles. The summed E-state index contributed by atoms with van der Waals surface area (Å²) in [5.74, 6) is 0.905. The van der Waals surface area contributed by atoms with E-state index >= 15 is 0 Å². The van der Waals surface area contributed by atoms with Crippen LogP contribution < -0.4 is 4.90 Å². The zero-order valence-electron chi connectivity index (χ0n) is 30.5. The van der Waals surface area contributed by atoms with Gasteiger partial charge < -0.3 is 4.90 Å². The first-order valence-corrected chi connectivity index (χ1v) is 19.1. The molecule has 0 fully saturated rings. The maximum absolute atomic E-state index is 5.54. The van der Waals surface area contributed by atoms with Gasteiger partial charge in [-0.15, -0.1) is 0 Å². The third-order valence-electron chi connectivity index (χ3n) is 11.1. The van der Waals surface area contributed by atoms with Crippen LogP contribution in [-0.2, 0) is 0 Å². The molecule has 11 aromatic rings. The molecule has 0 aliphatic heterocycles. The second-order valence-electron chi connectivity index (χ2n) is 14.4. The molecular formula is C53H35N3. The summed E-state index contributed by atoms with van der Waals surface area (Å²) < 4.78 is 2.37. The van der Waals surface area contributed by atoms with Crippen molar-refractivity contribution in [1.29, 1.82) is 0 Å². The normalized spacial score (nSPS) is 11.6. The Balaban J connectivity index is 1.13. The summed E-state index contributed by atoms with van der Waals surface area (Å²) >= 11 is 0. The molecule has 0 spiro atoms. The number of anilines is 3. The summed E-state index contributed by atoms with van der Waals surface area (Å²) in [6.07, 6.45) is 0. The van der Waals surface area contributed by atoms with E-state index in [0.29, 0.717) is 0 Å². The van der Waals surface area contributed by atoms with E-state index in [1.165, 1.54) is 48.8 Å². The Labute approximate surface area is 325 Å². The fourth-order valence-corrected chi connectivity index (χ4v) is 8.61. The zero-order chi connectivity index (χ0) is 37.0. The molecule has 11 rings (SSSR count). The van der Waals surface area contributed by atoms with Crippen LogP contribution in [0.15, 0.2) is 212 Å². The van der Waals surface area contributed by atoms with E-state index in [-0.39, 0.29) is 0 Å². The van der Waals surface area contributed by atoms with Crippen LogP contribution in [0, 0.1) is 0 Å². The second kappa shape index (κ2) is 13.1. The lowest BCUT2D eigenvalue weighted by atomic mass is 9.92. The van der Waals surface area contributed by atoms with Crippen LogP contribution in [0.1, 0.15) is 0 Å². The molecule has 1 aromatic heterocycles. The van der Waals surface area contributed by atoms with E-state index in [0.717, 1.165) is 50.6 Å². The molecule has 10 aromatic carbocycles. The Hall–Kier alpha value is -7.49. The molecule has 0 amide bonds. The molecule has 3 heteroatoms. The summed E-state index contributed by atoms with van der Waals surface area (Å²) in [6, 6.07) is 76.2. The number of hydrogen-bond acceptors (Lipinski definition) is 2. The number of aromatic nitrogens is 2. The largest absolute Gasteiger partial charge is 0.311 e. The Bertz CT molecular complexity index is 3130. The molecule has 0 aliphatic carbocycles. The van der Waals surface area contributed by atoms with Crippen molar-refractivity contribution in [3.63, 3.8) is 0 Å². The van der Waals surface area contributed by atoms with E-state index in [4.69, 9.17) is 4.98 Å². The fourth-order valence-electron chi connectivity index (χ4n) is 8.61. The molecule has 0 atom stereocenters. The molecule has 0 aliphatic rings. The smallest absolute Gasteiger partial charge is 0.145 e. The van der Waals surface area contributed by atoms with Crippen LogP contribution in [0.3, 0.4) is 0 Å². The van der Waals surface area contributed by atoms with Crippen molar-refractivity contribution >= 4 is 71.2 Å². The average Bonchev–Trinajstić information content (AvgIpc) is 3.68. The van der Waals surface area contributed by atoms with Crippen LogP contribution >= 0.6 is 0 Å². The highest BCUT2D eigenvalue weighted by Crippen LogP contribution is 2.42. The number of para-hydroxylation sites is 2. The maximum atomic E-state index is 5.54. The molecule has 0 saturated heterocycles. The number of benzene rings is 10. The molecule has 0 unspecified atom stereocenters. The number of hydrogen-bond donors (Lipinski definition) is 0. The van der Waals surface area contributed by atoms with Crippen molar-refractivity contribution in [1.82, 2.24) is 9.55 Å². The van der Waals surface area contributed by atoms with Gasteiger partial charge in [-0.05, 0) is 110 Å². The summed E-state index contributed by atoms with van der Waals surface area (Å²) in [4.78, 5) is 7.84. The van der Waals surface area contributed by atoms with Crippen LogP contribution in [0.2, 0.25) is 0 Å². The summed E-state index contributed by atoms with van der Waals surface area (Å²) in [5.41, 5.74) is 9.96. The maximum Gasteiger partial charge on any atom is 0.145 e. The van der Waals surface area contributed by atoms with Gasteiger partial charge in [-0.3, -0.25) is 4.57 Å². The highest BCUT2D eigenvalue weighted by Gasteiger charge is 2.21. The molecule has 0 saturated carbocycles. The van der Waals surface area contributed by atoms with Gasteiger partial charge in [0.1, 0.15) is 5.82 Å². The number of imidazole rings is 1. The van der Waals surface area contributed by atoms with Crippen molar-refractivity contribution in [2.75, 3.05) is 4.90 Å². The van der Waals surface area contributed by atoms with Gasteiger partial charge in [0.25, 0.3) is 0 Å². The standard InChI is InChI=1S/C53H35N3/c1-3-17-40(18-4-1)55(41-19-5-2-6-20-41)42-33-29-37(30-34-42)53-54-51-48-25-13-11-23-46(48)47-24-12-14-26-49(47)52(51)56(53)43-31-27-36(28-32-43)50-44-21-9-7-15-38(44)35-39-16-8-10-22-45(39)50/h1-35H. The van der Waals surface area contributed by atoms with Gasteiger partial charge in [0.15, 0.2) is 0 Å². The minimum Gasteiger partial charge on any atom is -0.311 e. The van der Waals surface area contributed by atoms with Gasteiger partial charge in [0.05, 0.1) is 11.0 Å². The molecule has 0 bridgehead atoms. The number of fused-ring (bicyclic) bond motifs is 8. The summed E-state index contributed by atoms with van der Waals surface area (Å²) in [5, 5.41) is 9.76. The Kier molecular flexibility index (Phi) is 7.49. The average molecular weight is 714 g/mol. The lowest BCUT2D eigenvalue weighted by Gasteiger charge is -2.25. The predicted molar refractivity (Wildman–Crippen MR) is 237 cm³/mol. The van der Waals surface area contributed by atoms with Crippen molar-refractivity contribution in [2.45, 2.75) is 0 Å². The molecule has 0 N–H and O–H groups in total. The number of rotatable bonds is 6. The van der Waals surface area contributed by atoms with Gasteiger partial charge >= 0.3 is 0 Å². The van der Waals surface area contributed by atoms with Crippen molar-refractivity contribution in [2.24, 2.45) is 0 Å². The van der Waals surface area contributed by atoms with Crippen molar-refractivity contribution in [3.8, 4) is 28.2 Å². The molecule has 56 heavy (non-hydrogen) atoms. The highest BCUT2D eigenvalue weighted by atomic mass is 15.1. The van der Waals surface area contributed by atoms with Crippen LogP contribution in [-0.4, -0.2) is 9.55 Å².